The second-order valence-electron chi connectivity index (χ2n) is 4.74. The Hall–Kier alpha value is -1.91. The smallest absolute Gasteiger partial charge is 0.126 e. The molecule has 0 aliphatic rings. The fourth-order valence-corrected chi connectivity index (χ4v) is 2.31. The normalized spacial score (nSPS) is 12.2. The molecule has 1 unspecified atom stereocenters. The van der Waals surface area contributed by atoms with E-state index < -0.39 is 0 Å². The maximum atomic E-state index is 13.7. The molecule has 0 aliphatic carbocycles. The van der Waals surface area contributed by atoms with Crippen LogP contribution in [0.15, 0.2) is 42.5 Å². The Morgan fingerprint density at radius 1 is 1.25 bits per heavy atom. The van der Waals surface area contributed by atoms with Gasteiger partial charge in [-0.25, -0.2) is 4.39 Å². The van der Waals surface area contributed by atoms with Crippen LogP contribution in [0.1, 0.15) is 22.7 Å². The minimum atomic E-state index is -0.209. The van der Waals surface area contributed by atoms with Crippen molar-refractivity contribution in [3.05, 3.63) is 65.0 Å². The SMILES string of the molecule is COc1ccc(C(Cc2ccccc2F)NN)c(C)c1. The Labute approximate surface area is 118 Å². The van der Waals surface area contributed by atoms with Crippen LogP contribution in [-0.4, -0.2) is 7.11 Å². The second kappa shape index (κ2) is 6.50. The summed E-state index contributed by atoms with van der Waals surface area (Å²) >= 11 is 0. The van der Waals surface area contributed by atoms with Gasteiger partial charge in [0, 0.05) is 0 Å². The third kappa shape index (κ3) is 3.15. The first kappa shape index (κ1) is 14.5. The molecule has 0 amide bonds. The number of hydrogen-bond donors (Lipinski definition) is 2. The first-order valence-corrected chi connectivity index (χ1v) is 6.49. The van der Waals surface area contributed by atoms with Gasteiger partial charge in [0.05, 0.1) is 13.2 Å². The van der Waals surface area contributed by atoms with Gasteiger partial charge in [-0.1, -0.05) is 24.3 Å². The molecule has 0 saturated heterocycles. The summed E-state index contributed by atoms with van der Waals surface area (Å²) in [5.74, 6) is 6.23. The molecule has 2 rings (SSSR count). The number of nitrogens with two attached hydrogens (primary N) is 1. The van der Waals surface area contributed by atoms with Crippen molar-refractivity contribution in [1.29, 1.82) is 0 Å². The van der Waals surface area contributed by atoms with E-state index in [-0.39, 0.29) is 11.9 Å². The molecule has 3 nitrogen and oxygen atoms in total. The predicted molar refractivity (Wildman–Crippen MR) is 77.9 cm³/mol. The zero-order chi connectivity index (χ0) is 14.5. The summed E-state index contributed by atoms with van der Waals surface area (Å²) in [6.45, 7) is 1.99. The van der Waals surface area contributed by atoms with Crippen LogP contribution in [-0.2, 0) is 6.42 Å². The van der Waals surface area contributed by atoms with Gasteiger partial charge in [0.1, 0.15) is 11.6 Å². The van der Waals surface area contributed by atoms with E-state index in [1.165, 1.54) is 6.07 Å². The van der Waals surface area contributed by atoms with Crippen molar-refractivity contribution in [3.63, 3.8) is 0 Å². The molecule has 0 saturated carbocycles. The first-order valence-electron chi connectivity index (χ1n) is 6.49. The number of ether oxygens (including phenoxy) is 1. The molecule has 0 bridgehead atoms. The molecule has 4 heteroatoms. The fraction of sp³-hybridized carbons (Fsp3) is 0.250. The first-order chi connectivity index (χ1) is 9.65. The van der Waals surface area contributed by atoms with Crippen LogP contribution in [0.3, 0.4) is 0 Å². The van der Waals surface area contributed by atoms with Crippen LogP contribution in [0.2, 0.25) is 0 Å². The third-order valence-corrected chi connectivity index (χ3v) is 3.44. The van der Waals surface area contributed by atoms with Crippen LogP contribution in [0.4, 0.5) is 4.39 Å². The van der Waals surface area contributed by atoms with E-state index in [2.05, 4.69) is 5.43 Å². The summed E-state index contributed by atoms with van der Waals surface area (Å²) in [7, 11) is 1.63. The summed E-state index contributed by atoms with van der Waals surface area (Å²) in [6.07, 6.45) is 0.496. The van der Waals surface area contributed by atoms with Gasteiger partial charge in [-0.3, -0.25) is 11.3 Å². The Morgan fingerprint density at radius 3 is 2.60 bits per heavy atom. The number of hydrogen-bond acceptors (Lipinski definition) is 3. The maximum absolute atomic E-state index is 13.7. The molecule has 0 radical (unpaired) electrons. The maximum Gasteiger partial charge on any atom is 0.126 e. The molecule has 0 spiro atoms. The molecule has 2 aromatic rings. The molecule has 1 atom stereocenters. The lowest BCUT2D eigenvalue weighted by atomic mass is 9.95. The number of aryl methyl sites for hydroxylation is 1. The summed E-state index contributed by atoms with van der Waals surface area (Å²) < 4.78 is 18.9. The van der Waals surface area contributed by atoms with E-state index in [1.54, 1.807) is 19.2 Å². The van der Waals surface area contributed by atoms with Crippen LogP contribution in [0, 0.1) is 12.7 Å². The Morgan fingerprint density at radius 2 is 2.00 bits per heavy atom. The minimum absolute atomic E-state index is 0.141. The molecule has 106 valence electrons. The summed E-state index contributed by atoms with van der Waals surface area (Å²) in [4.78, 5) is 0. The Bertz CT molecular complexity index is 586. The van der Waals surface area contributed by atoms with Gasteiger partial charge in [0.2, 0.25) is 0 Å². The highest BCUT2D eigenvalue weighted by molar-refractivity contribution is 5.37. The van der Waals surface area contributed by atoms with Crippen LogP contribution < -0.4 is 16.0 Å². The van der Waals surface area contributed by atoms with E-state index in [1.807, 2.05) is 31.2 Å². The van der Waals surface area contributed by atoms with Crippen molar-refractivity contribution in [2.24, 2.45) is 5.84 Å². The average Bonchev–Trinajstić information content (AvgIpc) is 2.47. The molecule has 0 fully saturated rings. The Kier molecular flexibility index (Phi) is 4.71. The van der Waals surface area contributed by atoms with Crippen molar-refractivity contribution in [2.45, 2.75) is 19.4 Å². The zero-order valence-corrected chi connectivity index (χ0v) is 11.7. The molecule has 0 aliphatic heterocycles. The van der Waals surface area contributed by atoms with Gasteiger partial charge in [-0.15, -0.1) is 0 Å². The van der Waals surface area contributed by atoms with Gasteiger partial charge >= 0.3 is 0 Å². The lowest BCUT2D eigenvalue weighted by molar-refractivity contribution is 0.413. The zero-order valence-electron chi connectivity index (χ0n) is 11.7. The van der Waals surface area contributed by atoms with Crippen molar-refractivity contribution in [2.75, 3.05) is 7.11 Å². The largest absolute Gasteiger partial charge is 0.497 e. The van der Waals surface area contributed by atoms with Crippen molar-refractivity contribution in [3.8, 4) is 5.75 Å². The van der Waals surface area contributed by atoms with Gasteiger partial charge in [0.15, 0.2) is 0 Å². The van der Waals surface area contributed by atoms with Gasteiger partial charge in [0.25, 0.3) is 0 Å². The molecular formula is C16H19FN2O. The van der Waals surface area contributed by atoms with Gasteiger partial charge in [-0.05, 0) is 48.2 Å². The highest BCUT2D eigenvalue weighted by Gasteiger charge is 2.15. The molecule has 2 aromatic carbocycles. The fourth-order valence-electron chi connectivity index (χ4n) is 2.31. The molecule has 0 heterocycles. The quantitative estimate of drug-likeness (QED) is 0.651. The molecule has 20 heavy (non-hydrogen) atoms. The minimum Gasteiger partial charge on any atom is -0.497 e. The number of nitrogens with one attached hydrogen (secondary N) is 1. The van der Waals surface area contributed by atoms with Crippen molar-refractivity contribution < 1.29 is 9.13 Å². The monoisotopic (exact) mass is 274 g/mol. The average molecular weight is 274 g/mol. The van der Waals surface area contributed by atoms with E-state index >= 15 is 0 Å². The van der Waals surface area contributed by atoms with E-state index in [0.717, 1.165) is 16.9 Å². The second-order valence-corrected chi connectivity index (χ2v) is 4.74. The highest BCUT2D eigenvalue weighted by Crippen LogP contribution is 2.25. The van der Waals surface area contributed by atoms with Crippen LogP contribution >= 0.6 is 0 Å². The highest BCUT2D eigenvalue weighted by atomic mass is 19.1. The molecule has 3 N–H and O–H groups in total. The third-order valence-electron chi connectivity index (χ3n) is 3.44. The van der Waals surface area contributed by atoms with E-state index in [9.17, 15) is 4.39 Å². The van der Waals surface area contributed by atoms with Crippen LogP contribution in [0.5, 0.6) is 5.75 Å². The molecular weight excluding hydrogens is 255 g/mol. The van der Waals surface area contributed by atoms with Crippen LogP contribution in [0.25, 0.3) is 0 Å². The van der Waals surface area contributed by atoms with E-state index in [4.69, 9.17) is 10.6 Å². The number of benzene rings is 2. The topological polar surface area (TPSA) is 47.3 Å². The van der Waals surface area contributed by atoms with Crippen molar-refractivity contribution >= 4 is 0 Å². The van der Waals surface area contributed by atoms with Crippen molar-refractivity contribution in [1.82, 2.24) is 5.43 Å². The predicted octanol–water partition coefficient (Wildman–Crippen LogP) is 2.89. The van der Waals surface area contributed by atoms with Gasteiger partial charge < -0.3 is 4.74 Å². The summed E-state index contributed by atoms with van der Waals surface area (Å²) in [5.41, 5.74) is 5.51. The number of methoxy groups -OCH3 is 1. The number of rotatable bonds is 5. The lowest BCUT2D eigenvalue weighted by Crippen LogP contribution is -2.30. The summed E-state index contributed by atoms with van der Waals surface area (Å²) in [6, 6.07) is 12.4. The number of hydrazine groups is 1. The summed E-state index contributed by atoms with van der Waals surface area (Å²) in [5, 5.41) is 0. The number of halogens is 1. The molecule has 0 aromatic heterocycles. The van der Waals surface area contributed by atoms with E-state index in [0.29, 0.717) is 12.0 Å². The lowest BCUT2D eigenvalue weighted by Gasteiger charge is -2.19. The standard InChI is InChI=1S/C16H19FN2O/c1-11-9-13(20-2)7-8-14(11)16(19-18)10-12-5-3-4-6-15(12)17/h3-9,16,19H,10,18H2,1-2H3. The Balaban J connectivity index is 2.27. The van der Waals surface area contributed by atoms with Gasteiger partial charge in [-0.2, -0.15) is 0 Å².